The molecule has 1 aromatic rings. The number of nitrogens with zero attached hydrogens (tertiary/aromatic N) is 1. The van der Waals surface area contributed by atoms with Crippen molar-refractivity contribution in [1.29, 1.82) is 0 Å². The van der Waals surface area contributed by atoms with Crippen LogP contribution in [0.4, 0.5) is 0 Å². The van der Waals surface area contributed by atoms with E-state index in [9.17, 15) is 0 Å². The maximum absolute atomic E-state index is 3.79. The van der Waals surface area contributed by atoms with Gasteiger partial charge in [0.05, 0.1) is 5.54 Å². The highest BCUT2D eigenvalue weighted by molar-refractivity contribution is 5.25. The first-order valence-corrected chi connectivity index (χ1v) is 8.08. The van der Waals surface area contributed by atoms with Crippen molar-refractivity contribution < 1.29 is 0 Å². The van der Waals surface area contributed by atoms with Crippen LogP contribution in [0.3, 0.4) is 0 Å². The Balaban J connectivity index is 1.85. The van der Waals surface area contributed by atoms with Crippen molar-refractivity contribution in [3.63, 3.8) is 0 Å². The van der Waals surface area contributed by atoms with Crippen LogP contribution in [0, 0.1) is 5.92 Å². The van der Waals surface area contributed by atoms with Crippen molar-refractivity contribution in [2.75, 3.05) is 19.6 Å². The fraction of sp³-hybridized carbons (Fsp3) is 0.667. The Hall–Kier alpha value is -0.860. The van der Waals surface area contributed by atoms with Gasteiger partial charge in [-0.05, 0) is 64.6 Å². The van der Waals surface area contributed by atoms with Crippen LogP contribution in [0.25, 0.3) is 0 Å². The Labute approximate surface area is 123 Å². The smallest absolute Gasteiger partial charge is 0.0535 e. The maximum atomic E-state index is 3.79. The molecule has 1 heterocycles. The Morgan fingerprint density at radius 2 is 1.90 bits per heavy atom. The van der Waals surface area contributed by atoms with Gasteiger partial charge < -0.3 is 5.32 Å². The molecule has 2 fully saturated rings. The summed E-state index contributed by atoms with van der Waals surface area (Å²) >= 11 is 0. The van der Waals surface area contributed by atoms with Crippen molar-refractivity contribution >= 4 is 0 Å². The van der Waals surface area contributed by atoms with Gasteiger partial charge >= 0.3 is 0 Å². The zero-order valence-corrected chi connectivity index (χ0v) is 13.2. The number of hydrogen-bond donors (Lipinski definition) is 1. The van der Waals surface area contributed by atoms with Crippen molar-refractivity contribution in [2.24, 2.45) is 5.92 Å². The number of rotatable bonds is 3. The standard InChI is InChI=1S/C18H28N2/c1-17(2,15-10-11-15)20-13-7-12-19-18(3,14-20)16-8-5-4-6-9-16/h4-6,8-9,15,19H,7,10-14H2,1-3H3. The summed E-state index contributed by atoms with van der Waals surface area (Å²) < 4.78 is 0. The van der Waals surface area contributed by atoms with Crippen LogP contribution in [0.15, 0.2) is 30.3 Å². The molecule has 110 valence electrons. The fourth-order valence-electron chi connectivity index (χ4n) is 3.69. The van der Waals surface area contributed by atoms with Crippen LogP contribution in [0.5, 0.6) is 0 Å². The van der Waals surface area contributed by atoms with E-state index < -0.39 is 0 Å². The molecule has 2 aliphatic rings. The van der Waals surface area contributed by atoms with Gasteiger partial charge in [0.25, 0.3) is 0 Å². The summed E-state index contributed by atoms with van der Waals surface area (Å²) in [5.74, 6) is 0.903. The minimum atomic E-state index is 0.0733. The summed E-state index contributed by atoms with van der Waals surface area (Å²) in [7, 11) is 0. The third-order valence-electron chi connectivity index (χ3n) is 5.43. The lowest BCUT2D eigenvalue weighted by molar-refractivity contribution is 0.0788. The molecule has 3 rings (SSSR count). The zero-order chi connectivity index (χ0) is 14.2. The van der Waals surface area contributed by atoms with Crippen molar-refractivity contribution in [2.45, 2.75) is 51.1 Å². The van der Waals surface area contributed by atoms with Gasteiger partial charge in [0, 0.05) is 12.1 Å². The number of nitrogens with one attached hydrogen (secondary N) is 1. The van der Waals surface area contributed by atoms with Crippen LogP contribution >= 0.6 is 0 Å². The molecule has 1 atom stereocenters. The van der Waals surface area contributed by atoms with Crippen LogP contribution in [-0.2, 0) is 5.54 Å². The first-order chi connectivity index (χ1) is 9.52. The van der Waals surface area contributed by atoms with Crippen molar-refractivity contribution in [1.82, 2.24) is 10.2 Å². The molecule has 2 heteroatoms. The van der Waals surface area contributed by atoms with Gasteiger partial charge in [-0.3, -0.25) is 4.90 Å². The van der Waals surface area contributed by atoms with Crippen LogP contribution < -0.4 is 5.32 Å². The van der Waals surface area contributed by atoms with E-state index in [1.54, 1.807) is 0 Å². The summed E-state index contributed by atoms with van der Waals surface area (Å²) in [5.41, 5.74) is 1.84. The number of hydrogen-bond acceptors (Lipinski definition) is 2. The topological polar surface area (TPSA) is 15.3 Å². The molecule has 1 saturated heterocycles. The molecule has 1 aliphatic carbocycles. The normalized spacial score (nSPS) is 29.1. The molecule has 1 unspecified atom stereocenters. The second-order valence-corrected chi connectivity index (χ2v) is 7.33. The van der Waals surface area contributed by atoms with E-state index in [4.69, 9.17) is 0 Å². The highest BCUT2D eigenvalue weighted by Crippen LogP contribution is 2.44. The zero-order valence-electron chi connectivity index (χ0n) is 13.2. The van der Waals surface area contributed by atoms with Gasteiger partial charge in [-0.2, -0.15) is 0 Å². The molecule has 1 saturated carbocycles. The van der Waals surface area contributed by atoms with Crippen LogP contribution in [-0.4, -0.2) is 30.1 Å². The fourth-order valence-corrected chi connectivity index (χ4v) is 3.69. The van der Waals surface area contributed by atoms with Crippen molar-refractivity contribution in [3.05, 3.63) is 35.9 Å². The monoisotopic (exact) mass is 272 g/mol. The SMILES string of the molecule is CC1(c2ccccc2)CN(C(C)(C)C2CC2)CCCN1. The van der Waals surface area contributed by atoms with E-state index in [1.807, 2.05) is 0 Å². The average molecular weight is 272 g/mol. The molecule has 0 spiro atoms. The first kappa shape index (κ1) is 14.1. The van der Waals surface area contributed by atoms with E-state index in [0.29, 0.717) is 5.54 Å². The first-order valence-electron chi connectivity index (χ1n) is 8.08. The third-order valence-corrected chi connectivity index (χ3v) is 5.43. The lowest BCUT2D eigenvalue weighted by Gasteiger charge is -2.43. The second kappa shape index (κ2) is 5.16. The van der Waals surface area contributed by atoms with Crippen LogP contribution in [0.1, 0.15) is 45.6 Å². The molecule has 0 aromatic heterocycles. The van der Waals surface area contributed by atoms with E-state index in [-0.39, 0.29) is 5.54 Å². The summed E-state index contributed by atoms with van der Waals surface area (Å²) in [4.78, 5) is 2.73. The molecule has 0 bridgehead atoms. The molecule has 20 heavy (non-hydrogen) atoms. The van der Waals surface area contributed by atoms with Gasteiger partial charge in [0.15, 0.2) is 0 Å². The highest BCUT2D eigenvalue weighted by Gasteiger charge is 2.44. The average Bonchev–Trinajstić information content (AvgIpc) is 3.27. The molecular formula is C18H28N2. The molecule has 0 amide bonds. The summed E-state index contributed by atoms with van der Waals surface area (Å²) in [6.07, 6.45) is 4.08. The van der Waals surface area contributed by atoms with Gasteiger partial charge in [-0.25, -0.2) is 0 Å². The molecular weight excluding hydrogens is 244 g/mol. The predicted octanol–water partition coefficient (Wildman–Crippen LogP) is 3.39. The molecule has 0 radical (unpaired) electrons. The lowest BCUT2D eigenvalue weighted by atomic mass is 9.88. The third kappa shape index (κ3) is 2.64. The highest BCUT2D eigenvalue weighted by atomic mass is 15.2. The second-order valence-electron chi connectivity index (χ2n) is 7.33. The summed E-state index contributed by atoms with van der Waals surface area (Å²) in [5, 5.41) is 3.79. The van der Waals surface area contributed by atoms with Crippen molar-refractivity contribution in [3.8, 4) is 0 Å². The van der Waals surface area contributed by atoms with Gasteiger partial charge in [-0.1, -0.05) is 30.3 Å². The lowest BCUT2D eigenvalue weighted by Crippen LogP contribution is -2.53. The summed E-state index contributed by atoms with van der Waals surface area (Å²) in [6, 6.07) is 10.9. The Morgan fingerprint density at radius 3 is 2.55 bits per heavy atom. The van der Waals surface area contributed by atoms with Gasteiger partial charge in [0.1, 0.15) is 0 Å². The van der Waals surface area contributed by atoms with E-state index >= 15 is 0 Å². The Kier molecular flexibility index (Phi) is 3.64. The Bertz CT molecular complexity index is 450. The van der Waals surface area contributed by atoms with E-state index in [1.165, 1.54) is 31.4 Å². The maximum Gasteiger partial charge on any atom is 0.0535 e. The van der Waals surface area contributed by atoms with E-state index in [2.05, 4.69) is 61.3 Å². The van der Waals surface area contributed by atoms with Gasteiger partial charge in [-0.15, -0.1) is 0 Å². The predicted molar refractivity (Wildman–Crippen MR) is 84.8 cm³/mol. The Morgan fingerprint density at radius 1 is 1.20 bits per heavy atom. The largest absolute Gasteiger partial charge is 0.307 e. The molecule has 1 N–H and O–H groups in total. The number of benzene rings is 1. The summed E-state index contributed by atoms with van der Waals surface area (Å²) in [6.45, 7) is 10.7. The molecule has 1 aromatic carbocycles. The molecule has 2 nitrogen and oxygen atoms in total. The quantitative estimate of drug-likeness (QED) is 0.907. The van der Waals surface area contributed by atoms with E-state index in [0.717, 1.165) is 19.0 Å². The minimum Gasteiger partial charge on any atom is -0.307 e. The van der Waals surface area contributed by atoms with Crippen LogP contribution in [0.2, 0.25) is 0 Å². The van der Waals surface area contributed by atoms with Gasteiger partial charge in [0.2, 0.25) is 0 Å². The minimum absolute atomic E-state index is 0.0733. The molecule has 1 aliphatic heterocycles.